The Morgan fingerprint density at radius 1 is 1.28 bits per heavy atom. The molecule has 6 nitrogen and oxygen atoms in total. The average Bonchev–Trinajstić information content (AvgIpc) is 3.31. The Labute approximate surface area is 146 Å². The zero-order valence-electron chi connectivity index (χ0n) is 13.9. The molecule has 2 N–H and O–H groups in total. The molecule has 1 unspecified atom stereocenters. The second kappa shape index (κ2) is 6.64. The SMILES string of the molecule is O=C(Nc1ccc2c(c1)CCN2C(=O)c1cccnc1)C1CCNC1. The number of nitrogens with zero attached hydrogens (tertiary/aromatic N) is 2. The third-order valence-corrected chi connectivity index (χ3v) is 4.83. The van der Waals surface area contributed by atoms with E-state index in [0.717, 1.165) is 42.9 Å². The van der Waals surface area contributed by atoms with E-state index in [-0.39, 0.29) is 17.7 Å². The molecule has 2 aliphatic heterocycles. The number of carbonyl (C=O) groups excluding carboxylic acids is 2. The van der Waals surface area contributed by atoms with Crippen molar-refractivity contribution in [1.29, 1.82) is 0 Å². The number of hydrogen-bond donors (Lipinski definition) is 2. The molecule has 2 amide bonds. The summed E-state index contributed by atoms with van der Waals surface area (Å²) >= 11 is 0. The number of amides is 2. The van der Waals surface area contributed by atoms with E-state index in [9.17, 15) is 9.59 Å². The van der Waals surface area contributed by atoms with Crippen molar-refractivity contribution >= 4 is 23.2 Å². The van der Waals surface area contributed by atoms with Crippen molar-refractivity contribution in [3.63, 3.8) is 0 Å². The molecule has 1 aromatic heterocycles. The lowest BCUT2D eigenvalue weighted by Gasteiger charge is -2.17. The third-order valence-electron chi connectivity index (χ3n) is 4.83. The molecule has 0 aliphatic carbocycles. The summed E-state index contributed by atoms with van der Waals surface area (Å²) in [4.78, 5) is 30.7. The lowest BCUT2D eigenvalue weighted by Crippen LogP contribution is -2.28. The lowest BCUT2D eigenvalue weighted by atomic mass is 10.1. The van der Waals surface area contributed by atoms with E-state index in [1.165, 1.54) is 0 Å². The number of carbonyl (C=O) groups is 2. The van der Waals surface area contributed by atoms with Gasteiger partial charge in [-0.25, -0.2) is 0 Å². The Hall–Kier alpha value is -2.73. The van der Waals surface area contributed by atoms with Gasteiger partial charge in [0.15, 0.2) is 0 Å². The van der Waals surface area contributed by atoms with Crippen LogP contribution in [0.2, 0.25) is 0 Å². The monoisotopic (exact) mass is 336 g/mol. The smallest absolute Gasteiger partial charge is 0.259 e. The van der Waals surface area contributed by atoms with Gasteiger partial charge in [-0.3, -0.25) is 14.6 Å². The van der Waals surface area contributed by atoms with Crippen LogP contribution in [0.4, 0.5) is 11.4 Å². The number of aromatic nitrogens is 1. The van der Waals surface area contributed by atoms with Crippen molar-refractivity contribution in [2.45, 2.75) is 12.8 Å². The molecule has 4 rings (SSSR count). The van der Waals surface area contributed by atoms with E-state index < -0.39 is 0 Å². The highest BCUT2D eigenvalue weighted by Gasteiger charge is 2.27. The van der Waals surface area contributed by atoms with Gasteiger partial charge in [-0.15, -0.1) is 0 Å². The molecular formula is C19H20N4O2. The molecule has 0 spiro atoms. The summed E-state index contributed by atoms with van der Waals surface area (Å²) in [5, 5.41) is 6.20. The molecule has 25 heavy (non-hydrogen) atoms. The molecule has 1 fully saturated rings. The molecular weight excluding hydrogens is 316 g/mol. The van der Waals surface area contributed by atoms with E-state index in [1.807, 2.05) is 18.2 Å². The fraction of sp³-hybridized carbons (Fsp3) is 0.316. The van der Waals surface area contributed by atoms with Crippen LogP contribution < -0.4 is 15.5 Å². The molecule has 0 bridgehead atoms. The predicted molar refractivity (Wildman–Crippen MR) is 95.7 cm³/mol. The molecule has 3 heterocycles. The van der Waals surface area contributed by atoms with Gasteiger partial charge >= 0.3 is 0 Å². The molecule has 6 heteroatoms. The number of rotatable bonds is 3. The number of hydrogen-bond acceptors (Lipinski definition) is 4. The first-order valence-corrected chi connectivity index (χ1v) is 8.59. The van der Waals surface area contributed by atoms with Crippen molar-refractivity contribution in [2.24, 2.45) is 5.92 Å². The van der Waals surface area contributed by atoms with Crippen LogP contribution in [0.25, 0.3) is 0 Å². The summed E-state index contributed by atoms with van der Waals surface area (Å²) in [7, 11) is 0. The minimum absolute atomic E-state index is 0.0388. The number of anilines is 2. The van der Waals surface area contributed by atoms with Crippen molar-refractivity contribution in [1.82, 2.24) is 10.3 Å². The maximum absolute atomic E-state index is 12.7. The zero-order chi connectivity index (χ0) is 17.2. The van der Waals surface area contributed by atoms with Crippen LogP contribution in [0.1, 0.15) is 22.3 Å². The average molecular weight is 336 g/mol. The standard InChI is InChI=1S/C19H20N4O2/c24-18(14-5-8-21-11-14)22-16-3-4-17-13(10-16)6-9-23(17)19(25)15-2-1-7-20-12-15/h1-4,7,10,12,14,21H,5-6,8-9,11H2,(H,22,24). The Morgan fingerprint density at radius 3 is 2.96 bits per heavy atom. The van der Waals surface area contributed by atoms with Crippen LogP contribution >= 0.6 is 0 Å². The van der Waals surface area contributed by atoms with Gasteiger partial charge in [0.2, 0.25) is 5.91 Å². The number of nitrogens with one attached hydrogen (secondary N) is 2. The van der Waals surface area contributed by atoms with Gasteiger partial charge < -0.3 is 15.5 Å². The topological polar surface area (TPSA) is 74.3 Å². The second-order valence-corrected chi connectivity index (χ2v) is 6.47. The summed E-state index contributed by atoms with van der Waals surface area (Å²) in [6.45, 7) is 2.28. The highest BCUT2D eigenvalue weighted by atomic mass is 16.2. The summed E-state index contributed by atoms with van der Waals surface area (Å²) in [5.41, 5.74) is 3.38. The normalized spacial score (nSPS) is 18.9. The Morgan fingerprint density at radius 2 is 2.20 bits per heavy atom. The summed E-state index contributed by atoms with van der Waals surface area (Å²) in [6, 6.07) is 9.30. The number of fused-ring (bicyclic) bond motifs is 1. The lowest BCUT2D eigenvalue weighted by molar-refractivity contribution is -0.119. The van der Waals surface area contributed by atoms with Gasteiger partial charge in [-0.1, -0.05) is 0 Å². The predicted octanol–water partition coefficient (Wildman–Crippen LogP) is 1.83. The Balaban J connectivity index is 1.50. The molecule has 1 aromatic carbocycles. The largest absolute Gasteiger partial charge is 0.326 e. The quantitative estimate of drug-likeness (QED) is 0.897. The summed E-state index contributed by atoms with van der Waals surface area (Å²) in [6.07, 6.45) is 4.91. The van der Waals surface area contributed by atoms with E-state index >= 15 is 0 Å². The maximum Gasteiger partial charge on any atom is 0.259 e. The first kappa shape index (κ1) is 15.8. The van der Waals surface area contributed by atoms with Crippen molar-refractivity contribution in [3.05, 3.63) is 53.9 Å². The molecule has 0 radical (unpaired) electrons. The number of pyridine rings is 1. The summed E-state index contributed by atoms with van der Waals surface area (Å²) < 4.78 is 0. The Bertz CT molecular complexity index is 800. The van der Waals surface area contributed by atoms with Gasteiger partial charge in [0.1, 0.15) is 0 Å². The van der Waals surface area contributed by atoms with Crippen LogP contribution in [0.5, 0.6) is 0 Å². The van der Waals surface area contributed by atoms with Crippen molar-refractivity contribution < 1.29 is 9.59 Å². The fourth-order valence-electron chi connectivity index (χ4n) is 3.46. The van der Waals surface area contributed by atoms with E-state index in [1.54, 1.807) is 29.4 Å². The van der Waals surface area contributed by atoms with Crippen molar-refractivity contribution in [2.75, 3.05) is 29.9 Å². The van der Waals surface area contributed by atoms with Crippen LogP contribution in [0.3, 0.4) is 0 Å². The second-order valence-electron chi connectivity index (χ2n) is 6.47. The van der Waals surface area contributed by atoms with E-state index in [4.69, 9.17) is 0 Å². The molecule has 0 saturated carbocycles. The molecule has 1 atom stereocenters. The highest BCUT2D eigenvalue weighted by molar-refractivity contribution is 6.07. The van der Waals surface area contributed by atoms with Gasteiger partial charge in [0.05, 0.1) is 11.5 Å². The van der Waals surface area contributed by atoms with Crippen LogP contribution in [-0.4, -0.2) is 36.4 Å². The van der Waals surface area contributed by atoms with Crippen molar-refractivity contribution in [3.8, 4) is 0 Å². The van der Waals surface area contributed by atoms with Gasteiger partial charge in [0, 0.05) is 36.9 Å². The molecule has 128 valence electrons. The van der Waals surface area contributed by atoms with Gasteiger partial charge in [0.25, 0.3) is 5.91 Å². The maximum atomic E-state index is 12.7. The van der Waals surface area contributed by atoms with Crippen LogP contribution in [-0.2, 0) is 11.2 Å². The van der Waals surface area contributed by atoms with Gasteiger partial charge in [-0.2, -0.15) is 0 Å². The summed E-state index contributed by atoms with van der Waals surface area (Å²) in [5.74, 6) is 0.0591. The minimum Gasteiger partial charge on any atom is -0.326 e. The highest BCUT2D eigenvalue weighted by Crippen LogP contribution is 2.31. The first-order valence-electron chi connectivity index (χ1n) is 8.59. The minimum atomic E-state index is -0.0411. The molecule has 2 aliphatic rings. The van der Waals surface area contributed by atoms with E-state index in [0.29, 0.717) is 12.1 Å². The zero-order valence-corrected chi connectivity index (χ0v) is 13.9. The third kappa shape index (κ3) is 3.13. The van der Waals surface area contributed by atoms with Crippen LogP contribution in [0, 0.1) is 5.92 Å². The first-order chi connectivity index (χ1) is 12.2. The van der Waals surface area contributed by atoms with Gasteiger partial charge in [-0.05, 0) is 55.3 Å². The van der Waals surface area contributed by atoms with E-state index in [2.05, 4.69) is 15.6 Å². The molecule has 1 saturated heterocycles. The Kier molecular flexibility index (Phi) is 4.19. The van der Waals surface area contributed by atoms with Crippen LogP contribution in [0.15, 0.2) is 42.7 Å². The number of benzene rings is 1. The molecule has 2 aromatic rings. The fourth-order valence-corrected chi connectivity index (χ4v) is 3.46.